The van der Waals surface area contributed by atoms with Gasteiger partial charge >= 0.3 is 0 Å². The van der Waals surface area contributed by atoms with E-state index in [-0.39, 0.29) is 0 Å². The first kappa shape index (κ1) is 18.9. The van der Waals surface area contributed by atoms with Crippen LogP contribution in [0.2, 0.25) is 0 Å². The van der Waals surface area contributed by atoms with Crippen LogP contribution in [-0.4, -0.2) is 42.3 Å². The highest BCUT2D eigenvalue weighted by atomic mass is 15.5. The molecule has 5 aromatic rings. The molecule has 0 spiro atoms. The molecule has 0 bridgehead atoms. The monoisotopic (exact) mass is 410 g/mol. The van der Waals surface area contributed by atoms with Gasteiger partial charge in [0.25, 0.3) is 0 Å². The Labute approximate surface area is 179 Å². The van der Waals surface area contributed by atoms with Crippen LogP contribution in [-0.2, 0) is 13.0 Å². The Morgan fingerprint density at radius 2 is 1.74 bits per heavy atom. The van der Waals surface area contributed by atoms with Crippen LogP contribution in [0.25, 0.3) is 28.2 Å². The molecule has 8 heteroatoms. The third-order valence-corrected chi connectivity index (χ3v) is 5.38. The number of nitrogens with one attached hydrogen (secondary N) is 1. The second-order valence-corrected chi connectivity index (χ2v) is 7.35. The van der Waals surface area contributed by atoms with Crippen molar-refractivity contribution >= 4 is 11.5 Å². The van der Waals surface area contributed by atoms with Crippen LogP contribution in [0.5, 0.6) is 0 Å². The maximum Gasteiger partial charge on any atom is 0.205 e. The van der Waals surface area contributed by atoms with Crippen LogP contribution in [0, 0.1) is 0 Å². The van der Waals surface area contributed by atoms with Gasteiger partial charge in [-0.15, -0.1) is 10.2 Å². The third kappa shape index (κ3) is 3.52. The van der Waals surface area contributed by atoms with Crippen LogP contribution in [0.3, 0.4) is 0 Å². The molecule has 154 valence electrons. The number of anilines is 1. The molecule has 0 amide bonds. The van der Waals surface area contributed by atoms with Crippen molar-refractivity contribution in [2.45, 2.75) is 19.9 Å². The van der Waals surface area contributed by atoms with E-state index in [0.29, 0.717) is 12.4 Å². The van der Waals surface area contributed by atoms with Gasteiger partial charge in [-0.25, -0.2) is 4.98 Å². The summed E-state index contributed by atoms with van der Waals surface area (Å²) in [4.78, 5) is 6.87. The van der Waals surface area contributed by atoms with Crippen LogP contribution in [0.15, 0.2) is 66.9 Å². The fourth-order valence-electron chi connectivity index (χ4n) is 3.85. The molecular weight excluding hydrogens is 388 g/mol. The minimum absolute atomic E-state index is 0.582. The number of aryl methyl sites for hydroxylation is 1. The number of benzene rings is 2. The number of aromatic nitrogens is 7. The number of H-pyrrole nitrogens is 1. The predicted octanol–water partition coefficient (Wildman–Crippen LogP) is 3.78. The molecule has 0 saturated carbocycles. The molecule has 0 aliphatic carbocycles. The Morgan fingerprint density at radius 3 is 2.52 bits per heavy atom. The zero-order chi connectivity index (χ0) is 21.2. The quantitative estimate of drug-likeness (QED) is 0.458. The number of tetrazole rings is 1. The Bertz CT molecular complexity index is 1320. The molecule has 0 fully saturated rings. The number of nitrogens with zero attached hydrogens (tertiary/aromatic N) is 7. The normalized spacial score (nSPS) is 11.2. The van der Waals surface area contributed by atoms with Crippen molar-refractivity contribution in [2.75, 3.05) is 11.9 Å². The largest absolute Gasteiger partial charge is 0.355 e. The van der Waals surface area contributed by atoms with Crippen molar-refractivity contribution in [1.29, 1.82) is 0 Å². The molecule has 3 heterocycles. The Hall–Kier alpha value is -4.07. The highest BCUT2D eigenvalue weighted by Crippen LogP contribution is 2.33. The summed E-state index contributed by atoms with van der Waals surface area (Å²) in [5.74, 6) is 1.59. The van der Waals surface area contributed by atoms with Gasteiger partial charge in [0.1, 0.15) is 5.82 Å². The van der Waals surface area contributed by atoms with Crippen molar-refractivity contribution in [2.24, 2.45) is 0 Å². The summed E-state index contributed by atoms with van der Waals surface area (Å²) in [5, 5.41) is 19.1. The summed E-state index contributed by atoms with van der Waals surface area (Å²) in [7, 11) is 2.08. The lowest BCUT2D eigenvalue weighted by Crippen LogP contribution is -2.21. The summed E-state index contributed by atoms with van der Waals surface area (Å²) >= 11 is 0. The number of hydrogen-bond acceptors (Lipinski definition) is 6. The lowest BCUT2D eigenvalue weighted by Gasteiger charge is -2.22. The molecule has 31 heavy (non-hydrogen) atoms. The summed E-state index contributed by atoms with van der Waals surface area (Å²) in [6, 6.07) is 20.6. The molecule has 0 atom stereocenters. The van der Waals surface area contributed by atoms with Gasteiger partial charge in [-0.05, 0) is 28.3 Å². The molecule has 0 unspecified atom stereocenters. The van der Waals surface area contributed by atoms with E-state index >= 15 is 0 Å². The standard InChI is InChI=1S/C23H22N8/c1-3-17-14-22(31-21(25-17)12-13-24-31)30(2)15-16-8-4-5-9-18(16)19-10-6-7-11-20(19)23-26-28-29-27-23/h4-14H,3,15H2,1-2H3,(H,26,27,28,29). The van der Waals surface area contributed by atoms with Gasteiger partial charge in [-0.3, -0.25) is 0 Å². The number of hydrogen-bond donors (Lipinski definition) is 1. The van der Waals surface area contributed by atoms with E-state index in [1.165, 1.54) is 5.56 Å². The lowest BCUT2D eigenvalue weighted by molar-refractivity contribution is 0.823. The van der Waals surface area contributed by atoms with Crippen LogP contribution >= 0.6 is 0 Å². The van der Waals surface area contributed by atoms with Gasteiger partial charge in [-0.2, -0.15) is 14.8 Å². The van der Waals surface area contributed by atoms with Crippen LogP contribution in [0.4, 0.5) is 5.82 Å². The van der Waals surface area contributed by atoms with E-state index in [1.54, 1.807) is 6.20 Å². The van der Waals surface area contributed by atoms with Crippen molar-refractivity contribution in [3.05, 3.63) is 78.1 Å². The van der Waals surface area contributed by atoms with E-state index < -0.39 is 0 Å². The lowest BCUT2D eigenvalue weighted by atomic mass is 9.95. The summed E-state index contributed by atoms with van der Waals surface area (Å²) < 4.78 is 1.88. The fourth-order valence-corrected chi connectivity index (χ4v) is 3.85. The average molecular weight is 410 g/mol. The first-order valence-corrected chi connectivity index (χ1v) is 10.2. The van der Waals surface area contributed by atoms with E-state index in [2.05, 4.69) is 86.0 Å². The van der Waals surface area contributed by atoms with Crippen molar-refractivity contribution in [1.82, 2.24) is 35.2 Å². The first-order chi connectivity index (χ1) is 15.2. The van der Waals surface area contributed by atoms with Crippen LogP contribution < -0.4 is 4.90 Å². The molecule has 0 aliphatic rings. The highest BCUT2D eigenvalue weighted by Gasteiger charge is 2.16. The average Bonchev–Trinajstić information content (AvgIpc) is 3.51. The van der Waals surface area contributed by atoms with Gasteiger partial charge in [0.2, 0.25) is 5.82 Å². The smallest absolute Gasteiger partial charge is 0.205 e. The minimum Gasteiger partial charge on any atom is -0.355 e. The highest BCUT2D eigenvalue weighted by molar-refractivity contribution is 5.82. The van der Waals surface area contributed by atoms with Gasteiger partial charge in [0.15, 0.2) is 5.65 Å². The molecule has 3 aromatic heterocycles. The number of rotatable bonds is 6. The zero-order valence-electron chi connectivity index (χ0n) is 17.4. The predicted molar refractivity (Wildman–Crippen MR) is 120 cm³/mol. The minimum atomic E-state index is 0.582. The van der Waals surface area contributed by atoms with E-state index in [4.69, 9.17) is 0 Å². The topological polar surface area (TPSA) is 87.9 Å². The molecule has 1 N–H and O–H groups in total. The van der Waals surface area contributed by atoms with Crippen LogP contribution in [0.1, 0.15) is 18.2 Å². The maximum atomic E-state index is 4.66. The molecule has 5 rings (SSSR count). The van der Waals surface area contributed by atoms with Gasteiger partial charge in [-0.1, -0.05) is 55.5 Å². The molecule has 2 aromatic carbocycles. The second kappa shape index (κ2) is 7.98. The maximum absolute atomic E-state index is 4.66. The Balaban J connectivity index is 1.56. The van der Waals surface area contributed by atoms with Gasteiger partial charge in [0, 0.05) is 37.0 Å². The molecule has 0 aliphatic heterocycles. The fraction of sp³-hybridized carbons (Fsp3) is 0.174. The Kier molecular flexibility index (Phi) is 4.87. The third-order valence-electron chi connectivity index (χ3n) is 5.38. The first-order valence-electron chi connectivity index (χ1n) is 10.2. The molecule has 8 nitrogen and oxygen atoms in total. The summed E-state index contributed by atoms with van der Waals surface area (Å²) in [6.07, 6.45) is 2.66. The van der Waals surface area contributed by atoms with E-state index in [1.807, 2.05) is 28.8 Å². The second-order valence-electron chi connectivity index (χ2n) is 7.35. The zero-order valence-corrected chi connectivity index (χ0v) is 17.4. The SMILES string of the molecule is CCc1cc(N(C)Cc2ccccc2-c2ccccc2-c2nn[nH]n2)n2nccc2n1. The van der Waals surface area contributed by atoms with Crippen molar-refractivity contribution < 1.29 is 0 Å². The van der Waals surface area contributed by atoms with E-state index in [9.17, 15) is 0 Å². The Morgan fingerprint density at radius 1 is 0.968 bits per heavy atom. The van der Waals surface area contributed by atoms with E-state index in [0.717, 1.165) is 40.3 Å². The number of fused-ring (bicyclic) bond motifs is 1. The molecule has 0 saturated heterocycles. The van der Waals surface area contributed by atoms with Gasteiger partial charge < -0.3 is 4.90 Å². The van der Waals surface area contributed by atoms with Crippen molar-refractivity contribution in [3.8, 4) is 22.5 Å². The van der Waals surface area contributed by atoms with Gasteiger partial charge in [0.05, 0.1) is 6.20 Å². The number of aromatic amines is 1. The van der Waals surface area contributed by atoms with Crippen molar-refractivity contribution in [3.63, 3.8) is 0 Å². The summed E-state index contributed by atoms with van der Waals surface area (Å²) in [6.45, 7) is 2.82. The summed E-state index contributed by atoms with van der Waals surface area (Å²) in [5.41, 5.74) is 6.24. The molecular formula is C23H22N8. The molecule has 0 radical (unpaired) electrons.